The van der Waals surface area contributed by atoms with Gasteiger partial charge < -0.3 is 14.7 Å². The van der Waals surface area contributed by atoms with Crippen LogP contribution in [0.3, 0.4) is 0 Å². The smallest absolute Gasteiger partial charge is 0.253 e. The minimum Gasteiger partial charge on any atom is -0.339 e. The third-order valence-corrected chi connectivity index (χ3v) is 4.91. The van der Waals surface area contributed by atoms with Crippen molar-refractivity contribution in [2.45, 2.75) is 44.1 Å². The van der Waals surface area contributed by atoms with Crippen LogP contribution in [0.15, 0.2) is 29.0 Å². The summed E-state index contributed by atoms with van der Waals surface area (Å²) in [6.07, 6.45) is 8.39. The summed E-state index contributed by atoms with van der Waals surface area (Å²) in [4.78, 5) is 22.8. The molecule has 2 aromatic heterocycles. The van der Waals surface area contributed by atoms with Crippen molar-refractivity contribution in [2.75, 3.05) is 19.6 Å². The second kappa shape index (κ2) is 7.31. The van der Waals surface area contributed by atoms with Gasteiger partial charge in [0, 0.05) is 56.0 Å². The highest BCUT2D eigenvalue weighted by atomic mass is 16.5. The predicted octanol–water partition coefficient (Wildman–Crippen LogP) is 1.78. The molecular formula is C18H23N5O2. The SMILES string of the molecule is O=C(c1ccncc1)N1CCC(NCCc2nc(C3CC3)no2)CC1. The topological polar surface area (TPSA) is 84.2 Å². The van der Waals surface area contributed by atoms with Gasteiger partial charge >= 0.3 is 0 Å². The van der Waals surface area contributed by atoms with E-state index in [1.165, 1.54) is 12.8 Å². The van der Waals surface area contributed by atoms with E-state index in [2.05, 4.69) is 20.4 Å². The molecular weight excluding hydrogens is 318 g/mol. The van der Waals surface area contributed by atoms with Gasteiger partial charge in [-0.15, -0.1) is 0 Å². The molecule has 7 nitrogen and oxygen atoms in total. The zero-order valence-electron chi connectivity index (χ0n) is 14.2. The van der Waals surface area contributed by atoms with Gasteiger partial charge in [-0.05, 0) is 37.8 Å². The number of piperidine rings is 1. The van der Waals surface area contributed by atoms with E-state index in [0.717, 1.165) is 50.6 Å². The highest BCUT2D eigenvalue weighted by Gasteiger charge is 2.28. The number of carbonyl (C=O) groups excluding carboxylic acids is 1. The quantitative estimate of drug-likeness (QED) is 0.862. The summed E-state index contributed by atoms with van der Waals surface area (Å²) >= 11 is 0. The number of pyridine rings is 1. The number of rotatable bonds is 6. The highest BCUT2D eigenvalue weighted by Crippen LogP contribution is 2.38. The number of hydrogen-bond acceptors (Lipinski definition) is 6. The number of amides is 1. The first-order valence-electron chi connectivity index (χ1n) is 9.05. The Kier molecular flexibility index (Phi) is 4.74. The molecule has 1 saturated carbocycles. The molecule has 0 spiro atoms. The fourth-order valence-electron chi connectivity index (χ4n) is 3.22. The van der Waals surface area contributed by atoms with Gasteiger partial charge in [-0.25, -0.2) is 0 Å². The Balaban J connectivity index is 1.19. The van der Waals surface area contributed by atoms with E-state index in [4.69, 9.17) is 4.52 Å². The number of nitrogens with one attached hydrogen (secondary N) is 1. The van der Waals surface area contributed by atoms with Crippen LogP contribution in [-0.4, -0.2) is 51.6 Å². The van der Waals surface area contributed by atoms with Crippen LogP contribution >= 0.6 is 0 Å². The van der Waals surface area contributed by atoms with Crippen molar-refractivity contribution in [3.8, 4) is 0 Å². The summed E-state index contributed by atoms with van der Waals surface area (Å²) in [5.41, 5.74) is 0.712. The number of hydrogen-bond donors (Lipinski definition) is 1. The third-order valence-electron chi connectivity index (χ3n) is 4.91. The van der Waals surface area contributed by atoms with E-state index in [-0.39, 0.29) is 5.91 Å². The Bertz CT molecular complexity index is 705. The minimum absolute atomic E-state index is 0.0966. The Morgan fingerprint density at radius 1 is 1.20 bits per heavy atom. The molecule has 1 aliphatic carbocycles. The maximum absolute atomic E-state index is 12.4. The lowest BCUT2D eigenvalue weighted by molar-refractivity contribution is 0.0705. The van der Waals surface area contributed by atoms with Gasteiger partial charge in [-0.2, -0.15) is 4.98 Å². The molecule has 2 fully saturated rings. The molecule has 1 aliphatic heterocycles. The van der Waals surface area contributed by atoms with E-state index < -0.39 is 0 Å². The summed E-state index contributed by atoms with van der Waals surface area (Å²) in [6, 6.07) is 3.98. The van der Waals surface area contributed by atoms with Gasteiger partial charge in [0.25, 0.3) is 5.91 Å². The molecule has 7 heteroatoms. The van der Waals surface area contributed by atoms with Crippen LogP contribution < -0.4 is 5.32 Å². The van der Waals surface area contributed by atoms with Gasteiger partial charge in [0.05, 0.1) is 0 Å². The van der Waals surface area contributed by atoms with Gasteiger partial charge in [-0.1, -0.05) is 5.16 Å². The summed E-state index contributed by atoms with van der Waals surface area (Å²) in [5.74, 6) is 2.23. The average Bonchev–Trinajstić information content (AvgIpc) is 3.41. The summed E-state index contributed by atoms with van der Waals surface area (Å²) in [7, 11) is 0. The molecule has 2 aromatic rings. The lowest BCUT2D eigenvalue weighted by Crippen LogP contribution is -2.45. The van der Waals surface area contributed by atoms with Gasteiger partial charge in [-0.3, -0.25) is 9.78 Å². The molecule has 2 aliphatic rings. The largest absolute Gasteiger partial charge is 0.339 e. The van der Waals surface area contributed by atoms with E-state index in [9.17, 15) is 4.79 Å². The van der Waals surface area contributed by atoms with Crippen molar-refractivity contribution < 1.29 is 9.32 Å². The van der Waals surface area contributed by atoms with Crippen molar-refractivity contribution in [3.63, 3.8) is 0 Å². The van der Waals surface area contributed by atoms with Crippen molar-refractivity contribution in [1.29, 1.82) is 0 Å². The molecule has 0 radical (unpaired) electrons. The summed E-state index contributed by atoms with van der Waals surface area (Å²) < 4.78 is 5.29. The molecule has 3 heterocycles. The van der Waals surface area contributed by atoms with E-state index in [0.29, 0.717) is 17.5 Å². The first kappa shape index (κ1) is 16.2. The van der Waals surface area contributed by atoms with E-state index in [1.54, 1.807) is 24.5 Å². The molecule has 0 unspecified atom stereocenters. The molecule has 25 heavy (non-hydrogen) atoms. The lowest BCUT2D eigenvalue weighted by atomic mass is 10.0. The van der Waals surface area contributed by atoms with Crippen LogP contribution in [0.1, 0.15) is 53.7 Å². The molecule has 132 valence electrons. The zero-order valence-corrected chi connectivity index (χ0v) is 14.2. The number of likely N-dealkylation sites (tertiary alicyclic amines) is 1. The number of nitrogens with zero attached hydrogens (tertiary/aromatic N) is 4. The molecule has 0 aromatic carbocycles. The maximum Gasteiger partial charge on any atom is 0.253 e. The van der Waals surface area contributed by atoms with Crippen molar-refractivity contribution in [2.24, 2.45) is 0 Å². The van der Waals surface area contributed by atoms with Crippen LogP contribution in [0.25, 0.3) is 0 Å². The fourth-order valence-corrected chi connectivity index (χ4v) is 3.22. The fraction of sp³-hybridized carbons (Fsp3) is 0.556. The first-order valence-corrected chi connectivity index (χ1v) is 9.05. The first-order chi connectivity index (χ1) is 12.3. The van der Waals surface area contributed by atoms with Crippen molar-refractivity contribution in [1.82, 2.24) is 25.3 Å². The van der Waals surface area contributed by atoms with Gasteiger partial charge in [0.15, 0.2) is 5.82 Å². The zero-order chi connectivity index (χ0) is 17.1. The molecule has 0 bridgehead atoms. The lowest BCUT2D eigenvalue weighted by Gasteiger charge is -2.32. The molecule has 1 amide bonds. The normalized spacial score (nSPS) is 18.5. The second-order valence-corrected chi connectivity index (χ2v) is 6.83. The Hall–Kier alpha value is -2.28. The Morgan fingerprint density at radius 2 is 1.96 bits per heavy atom. The molecule has 1 N–H and O–H groups in total. The van der Waals surface area contributed by atoms with Crippen LogP contribution in [0, 0.1) is 0 Å². The van der Waals surface area contributed by atoms with E-state index >= 15 is 0 Å². The maximum atomic E-state index is 12.4. The third kappa shape index (κ3) is 4.04. The van der Waals surface area contributed by atoms with Gasteiger partial charge in [0.2, 0.25) is 5.89 Å². The van der Waals surface area contributed by atoms with Crippen LogP contribution in [0.4, 0.5) is 0 Å². The molecule has 4 rings (SSSR count). The standard InChI is InChI=1S/C18H23N5O2/c24-18(14-3-8-19-9-4-14)23-11-6-15(7-12-23)20-10-5-16-21-17(22-25-16)13-1-2-13/h3-4,8-9,13,15,20H,1-2,5-7,10-12H2. The summed E-state index contributed by atoms with van der Waals surface area (Å²) in [6.45, 7) is 2.39. The Morgan fingerprint density at radius 3 is 2.68 bits per heavy atom. The monoisotopic (exact) mass is 341 g/mol. The van der Waals surface area contributed by atoms with E-state index in [1.807, 2.05) is 4.90 Å². The predicted molar refractivity (Wildman–Crippen MR) is 91.1 cm³/mol. The molecule has 1 saturated heterocycles. The minimum atomic E-state index is 0.0966. The number of aromatic nitrogens is 3. The second-order valence-electron chi connectivity index (χ2n) is 6.83. The van der Waals surface area contributed by atoms with Crippen molar-refractivity contribution >= 4 is 5.91 Å². The number of carbonyl (C=O) groups is 1. The van der Waals surface area contributed by atoms with Crippen LogP contribution in [0.2, 0.25) is 0 Å². The van der Waals surface area contributed by atoms with Crippen LogP contribution in [-0.2, 0) is 6.42 Å². The van der Waals surface area contributed by atoms with Crippen LogP contribution in [0.5, 0.6) is 0 Å². The summed E-state index contributed by atoms with van der Waals surface area (Å²) in [5, 5.41) is 7.59. The highest BCUT2D eigenvalue weighted by molar-refractivity contribution is 5.94. The van der Waals surface area contributed by atoms with Crippen molar-refractivity contribution in [3.05, 3.63) is 41.8 Å². The Labute approximate surface area is 146 Å². The average molecular weight is 341 g/mol. The van der Waals surface area contributed by atoms with Gasteiger partial charge in [0.1, 0.15) is 0 Å². The molecule has 0 atom stereocenters.